The number of hydrogen-bond donors (Lipinski definition) is 1. The number of amides is 1. The van der Waals surface area contributed by atoms with Crippen molar-refractivity contribution in [2.45, 2.75) is 25.8 Å². The predicted molar refractivity (Wildman–Crippen MR) is 115 cm³/mol. The molecular weight excluding hydrogens is 360 g/mol. The number of nitrogens with zero attached hydrogens (tertiary/aromatic N) is 3. The molecule has 0 bridgehead atoms. The zero-order chi connectivity index (χ0) is 20.1. The summed E-state index contributed by atoms with van der Waals surface area (Å²) in [6, 6.07) is 22.0. The molecule has 0 saturated carbocycles. The summed E-state index contributed by atoms with van der Waals surface area (Å²) in [6.45, 7) is 3.49. The van der Waals surface area contributed by atoms with E-state index in [1.54, 1.807) is 6.20 Å². The van der Waals surface area contributed by atoms with Gasteiger partial charge in [-0.2, -0.15) is 0 Å². The van der Waals surface area contributed by atoms with Crippen LogP contribution in [0, 0.1) is 12.8 Å². The first-order valence-electron chi connectivity index (χ1n) is 10.2. The maximum absolute atomic E-state index is 13.2. The molecule has 1 saturated heterocycles. The molecule has 1 aliphatic rings. The number of nitrogens with one attached hydrogen (secondary N) is 1. The molecule has 1 fully saturated rings. The summed E-state index contributed by atoms with van der Waals surface area (Å²) in [5, 5.41) is 3.30. The smallest absolute Gasteiger partial charge is 0.225 e. The molecule has 29 heavy (non-hydrogen) atoms. The van der Waals surface area contributed by atoms with Crippen molar-refractivity contribution in [2.75, 3.05) is 18.0 Å². The summed E-state index contributed by atoms with van der Waals surface area (Å²) in [4.78, 5) is 24.3. The standard InChI is InChI=1S/C24H26N4O/c1-18-14-15-25-24(26-18)28-16-8-13-21(17-28)23(29)27-22(19-9-4-2-5-10-19)20-11-6-3-7-12-20/h2-7,9-12,14-15,21-22H,8,13,16-17H2,1H3,(H,27,29)/t21-/m0/s1. The largest absolute Gasteiger partial charge is 0.345 e. The molecule has 1 aromatic heterocycles. The van der Waals surface area contributed by atoms with Gasteiger partial charge in [-0.25, -0.2) is 9.97 Å². The Morgan fingerprint density at radius 3 is 2.31 bits per heavy atom. The van der Waals surface area contributed by atoms with Crippen LogP contribution in [0.1, 0.15) is 35.7 Å². The number of carbonyl (C=O) groups excluding carboxylic acids is 1. The summed E-state index contributed by atoms with van der Waals surface area (Å²) < 4.78 is 0. The van der Waals surface area contributed by atoms with Gasteiger partial charge in [-0.1, -0.05) is 60.7 Å². The summed E-state index contributed by atoms with van der Waals surface area (Å²) in [7, 11) is 0. The van der Waals surface area contributed by atoms with E-state index in [0.717, 1.165) is 36.2 Å². The van der Waals surface area contributed by atoms with Gasteiger partial charge in [0.15, 0.2) is 0 Å². The minimum absolute atomic E-state index is 0.0808. The van der Waals surface area contributed by atoms with Crippen LogP contribution in [0.3, 0.4) is 0 Å². The van der Waals surface area contributed by atoms with Gasteiger partial charge in [0.1, 0.15) is 0 Å². The summed E-state index contributed by atoms with van der Waals surface area (Å²) in [5.41, 5.74) is 3.11. The molecule has 0 spiro atoms. The van der Waals surface area contributed by atoms with Crippen LogP contribution in [-0.2, 0) is 4.79 Å². The second kappa shape index (κ2) is 8.86. The first-order chi connectivity index (χ1) is 14.2. The molecule has 5 heteroatoms. The van der Waals surface area contributed by atoms with E-state index in [1.165, 1.54) is 0 Å². The van der Waals surface area contributed by atoms with Gasteiger partial charge >= 0.3 is 0 Å². The number of rotatable bonds is 5. The van der Waals surface area contributed by atoms with Gasteiger partial charge in [-0.05, 0) is 37.0 Å². The Labute approximate surface area is 171 Å². The highest BCUT2D eigenvalue weighted by atomic mass is 16.2. The monoisotopic (exact) mass is 386 g/mol. The molecule has 0 radical (unpaired) electrons. The molecule has 1 aliphatic heterocycles. The summed E-state index contributed by atoms with van der Waals surface area (Å²) in [5.74, 6) is 0.716. The molecule has 2 heterocycles. The number of anilines is 1. The maximum Gasteiger partial charge on any atom is 0.225 e. The van der Waals surface area contributed by atoms with Crippen LogP contribution in [0.25, 0.3) is 0 Å². The molecule has 4 rings (SSSR count). The lowest BCUT2D eigenvalue weighted by Gasteiger charge is -2.33. The molecule has 0 aliphatic carbocycles. The van der Waals surface area contributed by atoms with Gasteiger partial charge < -0.3 is 10.2 Å². The number of piperidine rings is 1. The molecule has 1 amide bonds. The third-order valence-electron chi connectivity index (χ3n) is 5.41. The highest BCUT2D eigenvalue weighted by Crippen LogP contribution is 2.25. The molecule has 2 aromatic carbocycles. The summed E-state index contributed by atoms with van der Waals surface area (Å²) >= 11 is 0. The molecule has 3 aromatic rings. The lowest BCUT2D eigenvalue weighted by Crippen LogP contribution is -2.44. The van der Waals surface area contributed by atoms with Crippen molar-refractivity contribution < 1.29 is 4.79 Å². The van der Waals surface area contributed by atoms with Crippen molar-refractivity contribution >= 4 is 11.9 Å². The molecular formula is C24H26N4O. The van der Waals surface area contributed by atoms with Crippen LogP contribution >= 0.6 is 0 Å². The van der Waals surface area contributed by atoms with E-state index in [0.29, 0.717) is 12.5 Å². The zero-order valence-electron chi connectivity index (χ0n) is 16.7. The number of benzene rings is 2. The van der Waals surface area contributed by atoms with E-state index >= 15 is 0 Å². The Bertz CT molecular complexity index is 906. The third kappa shape index (κ3) is 4.62. The lowest BCUT2D eigenvalue weighted by atomic mass is 9.94. The average molecular weight is 386 g/mol. The Morgan fingerprint density at radius 2 is 1.69 bits per heavy atom. The molecule has 5 nitrogen and oxygen atoms in total. The van der Waals surface area contributed by atoms with Crippen LogP contribution in [0.4, 0.5) is 5.95 Å². The van der Waals surface area contributed by atoms with Crippen molar-refractivity contribution in [3.05, 3.63) is 89.7 Å². The predicted octanol–water partition coefficient (Wildman–Crippen LogP) is 3.91. The number of aromatic nitrogens is 2. The lowest BCUT2D eigenvalue weighted by molar-refractivity contribution is -0.125. The van der Waals surface area contributed by atoms with Crippen LogP contribution in [-0.4, -0.2) is 29.0 Å². The van der Waals surface area contributed by atoms with Crippen molar-refractivity contribution in [3.63, 3.8) is 0 Å². The Balaban J connectivity index is 1.51. The molecule has 1 atom stereocenters. The normalized spacial score (nSPS) is 16.6. The second-order valence-corrected chi connectivity index (χ2v) is 7.55. The first-order valence-corrected chi connectivity index (χ1v) is 10.2. The SMILES string of the molecule is Cc1ccnc(N2CCC[C@H](C(=O)NC(c3ccccc3)c3ccccc3)C2)n1. The number of hydrogen-bond acceptors (Lipinski definition) is 4. The average Bonchev–Trinajstić information content (AvgIpc) is 2.78. The van der Waals surface area contributed by atoms with Crippen LogP contribution in [0.15, 0.2) is 72.9 Å². The van der Waals surface area contributed by atoms with Crippen molar-refractivity contribution in [3.8, 4) is 0 Å². The Morgan fingerprint density at radius 1 is 1.03 bits per heavy atom. The number of aryl methyl sites for hydroxylation is 1. The van der Waals surface area contributed by atoms with Crippen molar-refractivity contribution in [1.29, 1.82) is 0 Å². The minimum atomic E-state index is -0.157. The second-order valence-electron chi connectivity index (χ2n) is 7.55. The fraction of sp³-hybridized carbons (Fsp3) is 0.292. The highest BCUT2D eigenvalue weighted by molar-refractivity contribution is 5.80. The van der Waals surface area contributed by atoms with Gasteiger partial charge in [0.2, 0.25) is 11.9 Å². The van der Waals surface area contributed by atoms with Crippen LogP contribution in [0.5, 0.6) is 0 Å². The zero-order valence-corrected chi connectivity index (χ0v) is 16.7. The summed E-state index contributed by atoms with van der Waals surface area (Å²) in [6.07, 6.45) is 3.61. The van der Waals surface area contributed by atoms with E-state index in [1.807, 2.05) is 49.4 Å². The van der Waals surface area contributed by atoms with Crippen LogP contribution < -0.4 is 10.2 Å². The minimum Gasteiger partial charge on any atom is -0.345 e. The van der Waals surface area contributed by atoms with Crippen molar-refractivity contribution in [1.82, 2.24) is 15.3 Å². The van der Waals surface area contributed by atoms with Crippen LogP contribution in [0.2, 0.25) is 0 Å². The van der Waals surface area contributed by atoms with E-state index < -0.39 is 0 Å². The highest BCUT2D eigenvalue weighted by Gasteiger charge is 2.29. The first kappa shape index (κ1) is 19.1. The molecule has 0 unspecified atom stereocenters. The topological polar surface area (TPSA) is 58.1 Å². The van der Waals surface area contributed by atoms with Crippen molar-refractivity contribution in [2.24, 2.45) is 5.92 Å². The van der Waals surface area contributed by atoms with E-state index in [4.69, 9.17) is 0 Å². The Kier molecular flexibility index (Phi) is 5.84. The van der Waals surface area contributed by atoms with E-state index in [9.17, 15) is 4.79 Å². The van der Waals surface area contributed by atoms with E-state index in [-0.39, 0.29) is 17.9 Å². The fourth-order valence-electron chi connectivity index (χ4n) is 3.87. The van der Waals surface area contributed by atoms with Gasteiger partial charge in [0, 0.05) is 25.0 Å². The van der Waals surface area contributed by atoms with Gasteiger partial charge in [-0.15, -0.1) is 0 Å². The Hall–Kier alpha value is -3.21. The molecule has 148 valence electrons. The maximum atomic E-state index is 13.2. The van der Waals surface area contributed by atoms with Gasteiger partial charge in [-0.3, -0.25) is 4.79 Å². The van der Waals surface area contributed by atoms with E-state index in [2.05, 4.69) is 44.5 Å². The van der Waals surface area contributed by atoms with Gasteiger partial charge in [0.05, 0.1) is 12.0 Å². The number of carbonyl (C=O) groups is 1. The molecule has 1 N–H and O–H groups in total. The van der Waals surface area contributed by atoms with Gasteiger partial charge in [0.25, 0.3) is 0 Å². The quantitative estimate of drug-likeness (QED) is 0.722. The third-order valence-corrected chi connectivity index (χ3v) is 5.41. The fourth-order valence-corrected chi connectivity index (χ4v) is 3.87.